The molecular formula is C25H23FN2O3. The second-order valence-corrected chi connectivity index (χ2v) is 7.32. The van der Waals surface area contributed by atoms with Gasteiger partial charge in [-0.2, -0.15) is 0 Å². The number of urea groups is 1. The molecule has 0 saturated carbocycles. The topological polar surface area (TPSA) is 58.6 Å². The molecule has 0 radical (unpaired) electrons. The van der Waals surface area contributed by atoms with Crippen molar-refractivity contribution in [3.8, 4) is 0 Å². The minimum Gasteiger partial charge on any atom is -0.462 e. The molecule has 0 aliphatic carbocycles. The predicted octanol–water partition coefficient (Wildman–Crippen LogP) is 5.18. The summed E-state index contributed by atoms with van der Waals surface area (Å²) in [5.41, 5.74) is 4.07. The number of hydrogen-bond acceptors (Lipinski definition) is 3. The number of ether oxygens (including phenoxy) is 1. The predicted molar refractivity (Wildman–Crippen MR) is 117 cm³/mol. The molecular weight excluding hydrogens is 395 g/mol. The Bertz CT molecular complexity index is 1080. The Morgan fingerprint density at radius 2 is 1.74 bits per heavy atom. The molecule has 6 heteroatoms. The first kappa shape index (κ1) is 20.6. The van der Waals surface area contributed by atoms with E-state index in [4.69, 9.17) is 4.74 Å². The van der Waals surface area contributed by atoms with Gasteiger partial charge in [-0.3, -0.25) is 0 Å². The lowest BCUT2D eigenvalue weighted by Gasteiger charge is -2.37. The average Bonchev–Trinajstić information content (AvgIpc) is 2.79. The van der Waals surface area contributed by atoms with Crippen LogP contribution in [0.15, 0.2) is 72.8 Å². The van der Waals surface area contributed by atoms with E-state index >= 15 is 0 Å². The monoisotopic (exact) mass is 418 g/mol. The van der Waals surface area contributed by atoms with Crippen molar-refractivity contribution in [2.45, 2.75) is 19.4 Å². The van der Waals surface area contributed by atoms with Gasteiger partial charge in [-0.15, -0.1) is 0 Å². The number of hydrogen-bond donors (Lipinski definition) is 1. The van der Waals surface area contributed by atoms with Crippen LogP contribution in [0, 0.1) is 5.82 Å². The van der Waals surface area contributed by atoms with Crippen LogP contribution in [0.25, 0.3) is 0 Å². The average molecular weight is 418 g/mol. The SMILES string of the molecule is CCOC(=O)c1ccc(NC(=O)N2CCc3ccccc3C2c2ccc(F)cc2)cc1. The van der Waals surface area contributed by atoms with E-state index in [1.807, 2.05) is 18.2 Å². The number of esters is 1. The fourth-order valence-corrected chi connectivity index (χ4v) is 3.89. The zero-order valence-corrected chi connectivity index (χ0v) is 17.2. The lowest BCUT2D eigenvalue weighted by Crippen LogP contribution is -2.43. The van der Waals surface area contributed by atoms with Crippen molar-refractivity contribution >= 4 is 17.7 Å². The van der Waals surface area contributed by atoms with Crippen molar-refractivity contribution in [1.29, 1.82) is 0 Å². The van der Waals surface area contributed by atoms with E-state index in [0.29, 0.717) is 24.4 Å². The number of fused-ring (bicyclic) bond motifs is 1. The zero-order valence-electron chi connectivity index (χ0n) is 17.2. The van der Waals surface area contributed by atoms with E-state index in [1.165, 1.54) is 17.7 Å². The van der Waals surface area contributed by atoms with Crippen LogP contribution < -0.4 is 5.32 Å². The van der Waals surface area contributed by atoms with Gasteiger partial charge < -0.3 is 15.0 Å². The summed E-state index contributed by atoms with van der Waals surface area (Å²) in [6, 6.07) is 20.3. The summed E-state index contributed by atoms with van der Waals surface area (Å²) in [4.78, 5) is 26.8. The Hall–Kier alpha value is -3.67. The summed E-state index contributed by atoms with van der Waals surface area (Å²) < 4.78 is 18.5. The first-order valence-electron chi connectivity index (χ1n) is 10.2. The number of nitrogens with zero attached hydrogens (tertiary/aromatic N) is 1. The molecule has 0 fully saturated rings. The molecule has 3 aromatic rings. The van der Waals surface area contributed by atoms with Crippen molar-refractivity contribution in [3.63, 3.8) is 0 Å². The number of amides is 2. The second-order valence-electron chi connectivity index (χ2n) is 7.32. The standard InChI is InChI=1S/C25H23FN2O3/c1-2-31-24(29)19-9-13-21(14-10-19)27-25(30)28-16-15-17-5-3-4-6-22(17)23(28)18-7-11-20(26)12-8-18/h3-14,23H,2,15-16H2,1H3,(H,27,30). The van der Waals surface area contributed by atoms with Gasteiger partial charge in [-0.25, -0.2) is 14.0 Å². The van der Waals surface area contributed by atoms with Gasteiger partial charge in [0.05, 0.1) is 18.2 Å². The fraction of sp³-hybridized carbons (Fsp3) is 0.200. The van der Waals surface area contributed by atoms with Gasteiger partial charge in [0.15, 0.2) is 0 Å². The van der Waals surface area contributed by atoms with Crippen molar-refractivity contribution < 1.29 is 18.7 Å². The molecule has 0 bridgehead atoms. The smallest absolute Gasteiger partial charge is 0.338 e. The van der Waals surface area contributed by atoms with E-state index in [0.717, 1.165) is 17.5 Å². The van der Waals surface area contributed by atoms with Gasteiger partial charge in [0.1, 0.15) is 5.82 Å². The lowest BCUT2D eigenvalue weighted by atomic mass is 9.88. The first-order chi connectivity index (χ1) is 15.1. The number of halogens is 1. The minimum absolute atomic E-state index is 0.257. The Labute approximate surface area is 180 Å². The molecule has 1 aliphatic rings. The molecule has 1 N–H and O–H groups in total. The molecule has 31 heavy (non-hydrogen) atoms. The van der Waals surface area contributed by atoms with Crippen LogP contribution >= 0.6 is 0 Å². The van der Waals surface area contributed by atoms with Crippen LogP contribution in [-0.4, -0.2) is 30.1 Å². The maximum absolute atomic E-state index is 13.5. The summed E-state index contributed by atoms with van der Waals surface area (Å²) in [6.45, 7) is 2.59. The number of carbonyl (C=O) groups is 2. The van der Waals surface area contributed by atoms with E-state index < -0.39 is 5.97 Å². The number of nitrogens with one attached hydrogen (secondary N) is 1. The van der Waals surface area contributed by atoms with Gasteiger partial charge in [0, 0.05) is 12.2 Å². The summed E-state index contributed by atoms with van der Waals surface area (Å²) >= 11 is 0. The zero-order chi connectivity index (χ0) is 21.8. The van der Waals surface area contributed by atoms with Gasteiger partial charge >= 0.3 is 12.0 Å². The first-order valence-corrected chi connectivity index (χ1v) is 10.2. The molecule has 1 aliphatic heterocycles. The Morgan fingerprint density at radius 1 is 1.03 bits per heavy atom. The van der Waals surface area contributed by atoms with Crippen molar-refractivity contribution in [2.75, 3.05) is 18.5 Å². The highest BCUT2D eigenvalue weighted by molar-refractivity contribution is 5.92. The molecule has 4 rings (SSSR count). The third kappa shape index (κ3) is 4.43. The third-order valence-corrected chi connectivity index (χ3v) is 5.38. The van der Waals surface area contributed by atoms with Crippen LogP contribution in [0.4, 0.5) is 14.9 Å². The number of anilines is 1. The van der Waals surface area contributed by atoms with E-state index in [2.05, 4.69) is 11.4 Å². The van der Waals surface area contributed by atoms with Crippen LogP contribution in [0.2, 0.25) is 0 Å². The normalized spacial score (nSPS) is 15.2. The van der Waals surface area contributed by atoms with E-state index in [9.17, 15) is 14.0 Å². The maximum Gasteiger partial charge on any atom is 0.338 e. The third-order valence-electron chi connectivity index (χ3n) is 5.38. The van der Waals surface area contributed by atoms with Gasteiger partial charge in [0.2, 0.25) is 0 Å². The summed E-state index contributed by atoms with van der Waals surface area (Å²) in [5, 5.41) is 2.91. The lowest BCUT2D eigenvalue weighted by molar-refractivity contribution is 0.0526. The molecule has 158 valence electrons. The highest BCUT2D eigenvalue weighted by Crippen LogP contribution is 2.35. The minimum atomic E-state index is -0.399. The molecule has 1 unspecified atom stereocenters. The quantitative estimate of drug-likeness (QED) is 0.594. The van der Waals surface area contributed by atoms with Crippen molar-refractivity contribution in [2.24, 2.45) is 0 Å². The number of carbonyl (C=O) groups excluding carboxylic acids is 2. The summed E-state index contributed by atoms with van der Waals surface area (Å²) in [5.74, 6) is -0.713. The van der Waals surface area contributed by atoms with Crippen LogP contribution in [0.3, 0.4) is 0 Å². The maximum atomic E-state index is 13.5. The van der Waals surface area contributed by atoms with Crippen LogP contribution in [-0.2, 0) is 11.2 Å². The Morgan fingerprint density at radius 3 is 2.45 bits per heavy atom. The molecule has 3 aromatic carbocycles. The van der Waals surface area contributed by atoms with Gasteiger partial charge in [-0.05, 0) is 66.4 Å². The number of rotatable bonds is 4. The second kappa shape index (κ2) is 9.00. The number of benzene rings is 3. The molecule has 0 aromatic heterocycles. The molecule has 0 spiro atoms. The fourth-order valence-electron chi connectivity index (χ4n) is 3.89. The highest BCUT2D eigenvalue weighted by atomic mass is 19.1. The van der Waals surface area contributed by atoms with Gasteiger partial charge in [0.25, 0.3) is 0 Å². The van der Waals surface area contributed by atoms with Crippen LogP contribution in [0.1, 0.15) is 40.0 Å². The highest BCUT2D eigenvalue weighted by Gasteiger charge is 2.32. The van der Waals surface area contributed by atoms with Crippen molar-refractivity contribution in [1.82, 2.24) is 4.90 Å². The molecule has 0 saturated heterocycles. The molecule has 1 atom stereocenters. The Balaban J connectivity index is 1.59. The van der Waals surface area contributed by atoms with Crippen LogP contribution in [0.5, 0.6) is 0 Å². The van der Waals surface area contributed by atoms with Gasteiger partial charge in [-0.1, -0.05) is 36.4 Å². The largest absolute Gasteiger partial charge is 0.462 e. The molecule has 1 heterocycles. The molecule has 2 amide bonds. The van der Waals surface area contributed by atoms with E-state index in [1.54, 1.807) is 48.2 Å². The summed E-state index contributed by atoms with van der Waals surface area (Å²) in [7, 11) is 0. The van der Waals surface area contributed by atoms with E-state index in [-0.39, 0.29) is 17.9 Å². The molecule has 5 nitrogen and oxygen atoms in total. The van der Waals surface area contributed by atoms with Crippen molar-refractivity contribution in [3.05, 3.63) is 101 Å². The summed E-state index contributed by atoms with van der Waals surface area (Å²) in [6.07, 6.45) is 0.739. The Kier molecular flexibility index (Phi) is 5.98.